The summed E-state index contributed by atoms with van der Waals surface area (Å²) in [4.78, 5) is 0. The van der Waals surface area contributed by atoms with Crippen molar-refractivity contribution in [2.24, 2.45) is 17.3 Å². The van der Waals surface area contributed by atoms with Crippen LogP contribution < -0.4 is 0 Å². The van der Waals surface area contributed by atoms with Crippen LogP contribution in [0.15, 0.2) is 30.0 Å². The summed E-state index contributed by atoms with van der Waals surface area (Å²) < 4.78 is 0. The van der Waals surface area contributed by atoms with E-state index in [4.69, 9.17) is 0 Å². The van der Waals surface area contributed by atoms with E-state index in [9.17, 15) is 0 Å². The SMILES string of the molecule is CC=C=C[C@H]1[C@H]2C=C[C@]1(C)CC2. The Labute approximate surface area is 74.7 Å². The second-order valence-electron chi connectivity index (χ2n) is 4.22. The number of hydrogen-bond donors (Lipinski definition) is 0. The molecular weight excluding hydrogens is 144 g/mol. The molecule has 0 aliphatic heterocycles. The van der Waals surface area contributed by atoms with Crippen molar-refractivity contribution in [3.05, 3.63) is 30.0 Å². The van der Waals surface area contributed by atoms with E-state index in [-0.39, 0.29) is 0 Å². The van der Waals surface area contributed by atoms with Crippen molar-refractivity contribution >= 4 is 0 Å². The molecule has 2 aliphatic carbocycles. The molecule has 3 atom stereocenters. The van der Waals surface area contributed by atoms with E-state index in [2.05, 4.69) is 30.9 Å². The standard InChI is InChI=1S/C12H16/c1-3-4-5-11-10-6-8-12(11,2)9-7-10/h3,5-6,8,10-11H,7,9H2,1-2H3/t4?,10-,11-,12+/m0/s1. The van der Waals surface area contributed by atoms with Gasteiger partial charge in [-0.1, -0.05) is 19.1 Å². The average molecular weight is 160 g/mol. The third-order valence-electron chi connectivity index (χ3n) is 3.41. The minimum absolute atomic E-state index is 0.459. The molecule has 0 amide bonds. The molecule has 1 fully saturated rings. The van der Waals surface area contributed by atoms with Gasteiger partial charge in [-0.05, 0) is 49.2 Å². The van der Waals surface area contributed by atoms with Crippen molar-refractivity contribution in [3.63, 3.8) is 0 Å². The van der Waals surface area contributed by atoms with E-state index < -0.39 is 0 Å². The fourth-order valence-corrected chi connectivity index (χ4v) is 2.58. The first-order valence-electron chi connectivity index (χ1n) is 4.83. The second kappa shape index (κ2) is 2.64. The van der Waals surface area contributed by atoms with E-state index in [1.165, 1.54) is 12.8 Å². The maximum absolute atomic E-state index is 3.23. The van der Waals surface area contributed by atoms with Crippen LogP contribution in [0.5, 0.6) is 0 Å². The Morgan fingerprint density at radius 3 is 2.83 bits per heavy atom. The third-order valence-corrected chi connectivity index (χ3v) is 3.41. The van der Waals surface area contributed by atoms with Crippen LogP contribution in [0.3, 0.4) is 0 Å². The van der Waals surface area contributed by atoms with Crippen LogP contribution in [0.25, 0.3) is 0 Å². The molecule has 2 bridgehead atoms. The topological polar surface area (TPSA) is 0 Å². The lowest BCUT2D eigenvalue weighted by atomic mass is 9.82. The molecule has 0 spiro atoms. The Hall–Kier alpha value is -0.740. The van der Waals surface area contributed by atoms with E-state index in [1.54, 1.807) is 0 Å². The Balaban J connectivity index is 2.25. The van der Waals surface area contributed by atoms with Crippen molar-refractivity contribution in [2.75, 3.05) is 0 Å². The molecule has 0 N–H and O–H groups in total. The lowest BCUT2D eigenvalue weighted by Gasteiger charge is -2.22. The van der Waals surface area contributed by atoms with Crippen molar-refractivity contribution < 1.29 is 0 Å². The zero-order valence-corrected chi connectivity index (χ0v) is 7.88. The summed E-state index contributed by atoms with van der Waals surface area (Å²) in [5, 5.41) is 0. The van der Waals surface area contributed by atoms with Crippen LogP contribution in [-0.2, 0) is 0 Å². The van der Waals surface area contributed by atoms with Crippen molar-refractivity contribution in [3.8, 4) is 0 Å². The van der Waals surface area contributed by atoms with Gasteiger partial charge < -0.3 is 0 Å². The third kappa shape index (κ3) is 0.990. The Bertz CT molecular complexity index is 266. The fourth-order valence-electron chi connectivity index (χ4n) is 2.58. The normalized spacial score (nSPS) is 42.8. The van der Waals surface area contributed by atoms with Gasteiger partial charge in [0.05, 0.1) is 0 Å². The summed E-state index contributed by atoms with van der Waals surface area (Å²) >= 11 is 0. The van der Waals surface area contributed by atoms with Gasteiger partial charge in [0, 0.05) is 0 Å². The molecule has 0 aromatic rings. The van der Waals surface area contributed by atoms with Gasteiger partial charge in [-0.3, -0.25) is 0 Å². The number of allylic oxidation sites excluding steroid dienone is 3. The van der Waals surface area contributed by atoms with Crippen molar-refractivity contribution in [2.45, 2.75) is 26.7 Å². The molecule has 0 radical (unpaired) electrons. The molecule has 1 saturated carbocycles. The van der Waals surface area contributed by atoms with Gasteiger partial charge in [0.15, 0.2) is 0 Å². The van der Waals surface area contributed by atoms with Gasteiger partial charge in [-0.25, -0.2) is 0 Å². The fraction of sp³-hybridized carbons (Fsp3) is 0.583. The zero-order chi connectivity index (χ0) is 8.60. The van der Waals surface area contributed by atoms with Crippen LogP contribution in [-0.4, -0.2) is 0 Å². The average Bonchev–Trinajstić information content (AvgIpc) is 2.53. The van der Waals surface area contributed by atoms with Gasteiger partial charge in [-0.2, -0.15) is 0 Å². The molecule has 0 heteroatoms. The Kier molecular flexibility index (Phi) is 1.73. The minimum atomic E-state index is 0.459. The van der Waals surface area contributed by atoms with Gasteiger partial charge in [0.2, 0.25) is 0 Å². The highest BCUT2D eigenvalue weighted by Crippen LogP contribution is 2.53. The van der Waals surface area contributed by atoms with Crippen LogP contribution in [0, 0.1) is 17.3 Å². The molecule has 2 rings (SSSR count). The smallest absolute Gasteiger partial charge is 0.000606 e. The summed E-state index contributed by atoms with van der Waals surface area (Å²) in [7, 11) is 0. The number of fused-ring (bicyclic) bond motifs is 2. The quantitative estimate of drug-likeness (QED) is 0.408. The highest BCUT2D eigenvalue weighted by molar-refractivity contribution is 5.22. The van der Waals surface area contributed by atoms with Gasteiger partial charge >= 0.3 is 0 Å². The molecule has 0 unspecified atom stereocenters. The van der Waals surface area contributed by atoms with Crippen LogP contribution in [0.2, 0.25) is 0 Å². The summed E-state index contributed by atoms with van der Waals surface area (Å²) in [5.41, 5.74) is 3.69. The van der Waals surface area contributed by atoms with Crippen molar-refractivity contribution in [1.82, 2.24) is 0 Å². The Morgan fingerprint density at radius 2 is 2.42 bits per heavy atom. The molecule has 0 saturated heterocycles. The highest BCUT2D eigenvalue weighted by Gasteiger charge is 2.44. The Morgan fingerprint density at radius 1 is 1.58 bits per heavy atom. The number of hydrogen-bond acceptors (Lipinski definition) is 0. The van der Waals surface area contributed by atoms with Crippen LogP contribution in [0.4, 0.5) is 0 Å². The van der Waals surface area contributed by atoms with Gasteiger partial charge in [0.1, 0.15) is 0 Å². The largest absolute Gasteiger partial charge is 0.130 e. The minimum Gasteiger partial charge on any atom is -0.130 e. The molecule has 0 aromatic heterocycles. The molecular formula is C12H16. The summed E-state index contributed by atoms with van der Waals surface area (Å²) in [6.45, 7) is 4.40. The van der Waals surface area contributed by atoms with Gasteiger partial charge in [-0.15, -0.1) is 5.73 Å². The molecule has 2 aliphatic rings. The maximum Gasteiger partial charge on any atom is -0.000606 e. The van der Waals surface area contributed by atoms with Crippen LogP contribution >= 0.6 is 0 Å². The molecule has 64 valence electrons. The first-order valence-corrected chi connectivity index (χ1v) is 4.83. The summed E-state index contributed by atoms with van der Waals surface area (Å²) in [5.74, 6) is 1.54. The van der Waals surface area contributed by atoms with E-state index >= 15 is 0 Å². The molecule has 0 heterocycles. The van der Waals surface area contributed by atoms with E-state index in [0.717, 1.165) is 11.8 Å². The van der Waals surface area contributed by atoms with Crippen molar-refractivity contribution in [1.29, 1.82) is 0 Å². The molecule has 12 heavy (non-hydrogen) atoms. The highest BCUT2D eigenvalue weighted by atomic mass is 14.5. The number of rotatable bonds is 1. The lowest BCUT2D eigenvalue weighted by Crippen LogP contribution is -2.15. The van der Waals surface area contributed by atoms with Gasteiger partial charge in [0.25, 0.3) is 0 Å². The van der Waals surface area contributed by atoms with Crippen LogP contribution in [0.1, 0.15) is 26.7 Å². The molecule has 0 aromatic carbocycles. The molecule has 0 nitrogen and oxygen atoms in total. The zero-order valence-electron chi connectivity index (χ0n) is 7.88. The summed E-state index contributed by atoms with van der Waals surface area (Å²) in [6.07, 6.45) is 11.8. The predicted octanol–water partition coefficient (Wildman–Crippen LogP) is 3.32. The maximum atomic E-state index is 3.23. The predicted molar refractivity (Wildman–Crippen MR) is 51.8 cm³/mol. The first kappa shape index (κ1) is 7.89. The first-order chi connectivity index (χ1) is 5.76. The summed E-state index contributed by atoms with van der Waals surface area (Å²) in [6, 6.07) is 0. The second-order valence-corrected chi connectivity index (χ2v) is 4.22. The van der Waals surface area contributed by atoms with E-state index in [1.807, 2.05) is 13.0 Å². The lowest BCUT2D eigenvalue weighted by molar-refractivity contribution is 0.367. The monoisotopic (exact) mass is 160 g/mol. The van der Waals surface area contributed by atoms with E-state index in [0.29, 0.717) is 5.41 Å².